The van der Waals surface area contributed by atoms with Crippen molar-refractivity contribution in [2.24, 2.45) is 0 Å². The number of aromatic hydroxyl groups is 1. The maximum absolute atomic E-state index is 12.7. The molecule has 1 unspecified atom stereocenters. The van der Waals surface area contributed by atoms with Gasteiger partial charge in [0.25, 0.3) is 11.8 Å². The number of nitrogens with one attached hydrogen (secondary N) is 1. The van der Waals surface area contributed by atoms with Gasteiger partial charge in [-0.2, -0.15) is 5.10 Å². The largest absolute Gasteiger partial charge is 0.508 e. The molecule has 2 N–H and O–H groups in total. The molecule has 1 aromatic carbocycles. The number of benzene rings is 1. The molecule has 3 heterocycles. The molecule has 27 heavy (non-hydrogen) atoms. The topological polar surface area (TPSA) is 98.8 Å². The SMILES string of the molecule is O=C(c1cc(-c2ccc(O)cc2)n[nH]1)N1CCN(C(=O)C2CCCO2)CC1. The van der Waals surface area contributed by atoms with Gasteiger partial charge >= 0.3 is 0 Å². The van der Waals surface area contributed by atoms with Gasteiger partial charge in [-0.25, -0.2) is 0 Å². The van der Waals surface area contributed by atoms with Crippen LogP contribution in [0.2, 0.25) is 0 Å². The molecule has 0 spiro atoms. The molecule has 8 heteroatoms. The zero-order chi connectivity index (χ0) is 18.8. The summed E-state index contributed by atoms with van der Waals surface area (Å²) in [6, 6.07) is 8.36. The highest BCUT2D eigenvalue weighted by Gasteiger charge is 2.31. The third-order valence-corrected chi connectivity index (χ3v) is 5.06. The number of rotatable bonds is 3. The monoisotopic (exact) mass is 370 g/mol. The number of piperazine rings is 1. The molecule has 1 atom stereocenters. The Morgan fingerprint density at radius 2 is 1.81 bits per heavy atom. The van der Waals surface area contributed by atoms with Crippen LogP contribution in [-0.2, 0) is 9.53 Å². The van der Waals surface area contributed by atoms with Crippen LogP contribution in [0.3, 0.4) is 0 Å². The lowest BCUT2D eigenvalue weighted by atomic mass is 10.1. The second-order valence-corrected chi connectivity index (χ2v) is 6.83. The molecule has 0 radical (unpaired) electrons. The van der Waals surface area contributed by atoms with E-state index in [9.17, 15) is 14.7 Å². The van der Waals surface area contributed by atoms with E-state index in [0.717, 1.165) is 18.4 Å². The molecular formula is C19H22N4O4. The van der Waals surface area contributed by atoms with E-state index in [1.54, 1.807) is 40.1 Å². The second kappa shape index (κ2) is 7.40. The van der Waals surface area contributed by atoms with Crippen LogP contribution >= 0.6 is 0 Å². The fourth-order valence-corrected chi connectivity index (χ4v) is 3.49. The lowest BCUT2D eigenvalue weighted by molar-refractivity contribution is -0.142. The fraction of sp³-hybridized carbons (Fsp3) is 0.421. The fourth-order valence-electron chi connectivity index (χ4n) is 3.49. The van der Waals surface area contributed by atoms with Crippen molar-refractivity contribution in [3.8, 4) is 17.0 Å². The summed E-state index contributed by atoms with van der Waals surface area (Å²) in [5.74, 6) is 0.0912. The quantitative estimate of drug-likeness (QED) is 0.847. The molecule has 4 rings (SSSR count). The Morgan fingerprint density at radius 3 is 2.48 bits per heavy atom. The first kappa shape index (κ1) is 17.5. The maximum Gasteiger partial charge on any atom is 0.272 e. The smallest absolute Gasteiger partial charge is 0.272 e. The number of amides is 2. The van der Waals surface area contributed by atoms with E-state index in [-0.39, 0.29) is 23.7 Å². The van der Waals surface area contributed by atoms with Crippen molar-refractivity contribution in [3.05, 3.63) is 36.0 Å². The molecule has 0 aliphatic carbocycles. The number of hydrogen-bond acceptors (Lipinski definition) is 5. The first-order chi connectivity index (χ1) is 13.1. The van der Waals surface area contributed by atoms with Crippen LogP contribution in [0, 0.1) is 0 Å². The number of phenolic OH excluding ortho intramolecular Hbond substituents is 1. The second-order valence-electron chi connectivity index (χ2n) is 6.83. The molecule has 2 aliphatic heterocycles. The standard InChI is InChI=1S/C19H22N4O4/c24-14-5-3-13(4-6-14)15-12-16(21-20-15)18(25)22-7-9-23(10-8-22)19(26)17-2-1-11-27-17/h3-6,12,17,24H,1-2,7-11H2,(H,20,21). The van der Waals surface area contributed by atoms with Gasteiger partial charge in [-0.15, -0.1) is 0 Å². The van der Waals surface area contributed by atoms with E-state index in [1.165, 1.54) is 0 Å². The average molecular weight is 370 g/mol. The highest BCUT2D eigenvalue weighted by Crippen LogP contribution is 2.21. The number of ether oxygens (including phenoxy) is 1. The van der Waals surface area contributed by atoms with Crippen molar-refractivity contribution in [2.45, 2.75) is 18.9 Å². The van der Waals surface area contributed by atoms with E-state index >= 15 is 0 Å². The van der Waals surface area contributed by atoms with Gasteiger partial charge in [-0.1, -0.05) is 0 Å². The van der Waals surface area contributed by atoms with Crippen LogP contribution in [0.4, 0.5) is 0 Å². The summed E-state index contributed by atoms with van der Waals surface area (Å²) in [6.45, 7) is 2.67. The Kier molecular flexibility index (Phi) is 4.81. The van der Waals surface area contributed by atoms with Crippen LogP contribution in [0.15, 0.2) is 30.3 Å². The van der Waals surface area contributed by atoms with Gasteiger partial charge in [0.2, 0.25) is 0 Å². The number of H-pyrrole nitrogens is 1. The predicted molar refractivity (Wildman–Crippen MR) is 97.1 cm³/mol. The predicted octanol–water partition coefficient (Wildman–Crippen LogP) is 1.25. The normalized spacial score (nSPS) is 20.1. The van der Waals surface area contributed by atoms with Crippen molar-refractivity contribution >= 4 is 11.8 Å². The number of phenols is 1. The minimum Gasteiger partial charge on any atom is -0.508 e. The molecule has 1 aromatic heterocycles. The molecule has 0 bridgehead atoms. The van der Waals surface area contributed by atoms with Gasteiger partial charge in [-0.3, -0.25) is 14.7 Å². The van der Waals surface area contributed by atoms with E-state index in [0.29, 0.717) is 44.2 Å². The molecule has 2 fully saturated rings. The molecule has 2 amide bonds. The molecule has 142 valence electrons. The van der Waals surface area contributed by atoms with E-state index in [1.807, 2.05) is 0 Å². The molecular weight excluding hydrogens is 348 g/mol. The third kappa shape index (κ3) is 3.66. The zero-order valence-electron chi connectivity index (χ0n) is 14.9. The van der Waals surface area contributed by atoms with E-state index < -0.39 is 0 Å². The van der Waals surface area contributed by atoms with Gasteiger partial charge in [-0.05, 0) is 43.2 Å². The highest BCUT2D eigenvalue weighted by atomic mass is 16.5. The lowest BCUT2D eigenvalue weighted by Gasteiger charge is -2.35. The minimum atomic E-state index is -0.312. The van der Waals surface area contributed by atoms with Gasteiger partial charge in [0, 0.05) is 38.3 Å². The molecule has 0 saturated carbocycles. The zero-order valence-corrected chi connectivity index (χ0v) is 14.9. The van der Waals surface area contributed by atoms with Crippen molar-refractivity contribution in [1.82, 2.24) is 20.0 Å². The Labute approximate surface area is 156 Å². The van der Waals surface area contributed by atoms with Crippen molar-refractivity contribution in [2.75, 3.05) is 32.8 Å². The Balaban J connectivity index is 1.37. The van der Waals surface area contributed by atoms with E-state index in [2.05, 4.69) is 10.2 Å². The van der Waals surface area contributed by atoms with Crippen LogP contribution in [0.5, 0.6) is 5.75 Å². The Morgan fingerprint density at radius 1 is 1.11 bits per heavy atom. The van der Waals surface area contributed by atoms with Crippen LogP contribution in [0.1, 0.15) is 23.3 Å². The summed E-state index contributed by atoms with van der Waals surface area (Å²) in [7, 11) is 0. The highest BCUT2D eigenvalue weighted by molar-refractivity contribution is 5.93. The number of nitrogens with zero attached hydrogens (tertiary/aromatic N) is 3. The average Bonchev–Trinajstić information content (AvgIpc) is 3.40. The van der Waals surface area contributed by atoms with Crippen LogP contribution in [0.25, 0.3) is 11.3 Å². The van der Waals surface area contributed by atoms with Crippen molar-refractivity contribution in [1.29, 1.82) is 0 Å². The molecule has 2 aliphatic rings. The number of carbonyl (C=O) groups is 2. The number of aromatic nitrogens is 2. The summed E-state index contributed by atoms with van der Waals surface area (Å²) in [5, 5.41) is 16.4. The minimum absolute atomic E-state index is 0.0377. The Hall–Kier alpha value is -2.87. The number of carbonyl (C=O) groups excluding carboxylic acids is 2. The molecule has 8 nitrogen and oxygen atoms in total. The van der Waals surface area contributed by atoms with Crippen LogP contribution in [-0.4, -0.2) is 75.8 Å². The van der Waals surface area contributed by atoms with Crippen molar-refractivity contribution in [3.63, 3.8) is 0 Å². The molecule has 2 aromatic rings. The summed E-state index contributed by atoms with van der Waals surface area (Å²) < 4.78 is 5.46. The van der Waals surface area contributed by atoms with Gasteiger partial charge in [0.1, 0.15) is 17.5 Å². The number of aromatic amines is 1. The summed E-state index contributed by atoms with van der Waals surface area (Å²) in [4.78, 5) is 28.6. The molecule has 2 saturated heterocycles. The van der Waals surface area contributed by atoms with Gasteiger partial charge in [0.15, 0.2) is 0 Å². The summed E-state index contributed by atoms with van der Waals surface area (Å²) in [5.41, 5.74) is 1.87. The first-order valence-corrected chi connectivity index (χ1v) is 9.16. The lowest BCUT2D eigenvalue weighted by Crippen LogP contribution is -2.52. The van der Waals surface area contributed by atoms with E-state index in [4.69, 9.17) is 4.74 Å². The number of hydrogen-bond donors (Lipinski definition) is 2. The summed E-state index contributed by atoms with van der Waals surface area (Å²) in [6.07, 6.45) is 1.40. The summed E-state index contributed by atoms with van der Waals surface area (Å²) >= 11 is 0. The Bertz CT molecular complexity index is 818. The first-order valence-electron chi connectivity index (χ1n) is 9.16. The maximum atomic E-state index is 12.7. The van der Waals surface area contributed by atoms with Crippen LogP contribution < -0.4 is 0 Å². The van der Waals surface area contributed by atoms with Gasteiger partial charge < -0.3 is 19.6 Å². The van der Waals surface area contributed by atoms with Gasteiger partial charge in [0.05, 0.1) is 5.69 Å². The third-order valence-electron chi connectivity index (χ3n) is 5.06. The van der Waals surface area contributed by atoms with Crippen molar-refractivity contribution < 1.29 is 19.4 Å².